The van der Waals surface area contributed by atoms with Gasteiger partial charge in [-0.2, -0.15) is 0 Å². The van der Waals surface area contributed by atoms with Gasteiger partial charge in [0.25, 0.3) is 5.91 Å². The van der Waals surface area contributed by atoms with Crippen molar-refractivity contribution in [1.29, 1.82) is 0 Å². The van der Waals surface area contributed by atoms with Gasteiger partial charge < -0.3 is 4.90 Å². The Morgan fingerprint density at radius 2 is 2.19 bits per heavy atom. The zero-order valence-electron chi connectivity index (χ0n) is 9.45. The maximum atomic E-state index is 12.3. The van der Waals surface area contributed by atoms with E-state index in [9.17, 15) is 4.79 Å². The lowest BCUT2D eigenvalue weighted by Crippen LogP contribution is -2.39. The van der Waals surface area contributed by atoms with Crippen LogP contribution in [0.25, 0.3) is 0 Å². The summed E-state index contributed by atoms with van der Waals surface area (Å²) in [5.74, 6) is 0.829. The number of likely N-dealkylation sites (tertiary alicyclic amines) is 1. The van der Waals surface area contributed by atoms with Gasteiger partial charge in [-0.1, -0.05) is 19.1 Å². The second-order valence-electron chi connectivity index (χ2n) is 4.48. The normalized spacial score (nSPS) is 20.9. The molecule has 1 aromatic carbocycles. The van der Waals surface area contributed by atoms with Crippen LogP contribution in [0.3, 0.4) is 0 Å². The molecule has 1 atom stereocenters. The van der Waals surface area contributed by atoms with Crippen molar-refractivity contribution in [1.82, 2.24) is 4.90 Å². The molecule has 1 fully saturated rings. The van der Waals surface area contributed by atoms with E-state index in [4.69, 9.17) is 0 Å². The van der Waals surface area contributed by atoms with E-state index in [1.54, 1.807) is 0 Å². The molecule has 1 aliphatic rings. The Balaban J connectivity index is 2.16. The van der Waals surface area contributed by atoms with Crippen molar-refractivity contribution < 1.29 is 4.79 Å². The number of piperidine rings is 1. The fraction of sp³-hybridized carbons (Fsp3) is 0.462. The molecular weight excluding hydrogens is 313 g/mol. The first kappa shape index (κ1) is 11.9. The molecule has 0 aromatic heterocycles. The van der Waals surface area contributed by atoms with E-state index < -0.39 is 0 Å². The minimum absolute atomic E-state index is 0.191. The summed E-state index contributed by atoms with van der Waals surface area (Å²) < 4.78 is 1.04. The third kappa shape index (κ3) is 2.56. The minimum atomic E-state index is 0.191. The molecule has 2 rings (SSSR count). The maximum absolute atomic E-state index is 12.3. The summed E-state index contributed by atoms with van der Waals surface area (Å²) >= 11 is 2.23. The second kappa shape index (κ2) is 5.17. The first-order chi connectivity index (χ1) is 7.68. The number of carbonyl (C=O) groups is 1. The number of benzene rings is 1. The van der Waals surface area contributed by atoms with Crippen LogP contribution in [-0.2, 0) is 0 Å². The van der Waals surface area contributed by atoms with Gasteiger partial charge in [0, 0.05) is 16.7 Å². The Labute approximate surface area is 110 Å². The predicted octanol–water partition coefficient (Wildman–Crippen LogP) is 3.16. The van der Waals surface area contributed by atoms with Crippen LogP contribution in [0.5, 0.6) is 0 Å². The molecule has 0 N–H and O–H groups in total. The molecule has 0 unspecified atom stereocenters. The summed E-state index contributed by atoms with van der Waals surface area (Å²) in [7, 11) is 0. The minimum Gasteiger partial charge on any atom is -0.338 e. The van der Waals surface area contributed by atoms with Crippen molar-refractivity contribution in [2.45, 2.75) is 19.8 Å². The summed E-state index contributed by atoms with van der Waals surface area (Å²) in [5, 5.41) is 0. The molecule has 3 heteroatoms. The van der Waals surface area contributed by atoms with E-state index in [1.807, 2.05) is 29.2 Å². The van der Waals surface area contributed by atoms with Crippen molar-refractivity contribution in [2.75, 3.05) is 13.1 Å². The number of halogens is 1. The van der Waals surface area contributed by atoms with Gasteiger partial charge in [-0.15, -0.1) is 0 Å². The first-order valence-electron chi connectivity index (χ1n) is 5.72. The van der Waals surface area contributed by atoms with E-state index >= 15 is 0 Å². The fourth-order valence-electron chi connectivity index (χ4n) is 2.18. The Hall–Kier alpha value is -0.580. The van der Waals surface area contributed by atoms with Crippen LogP contribution in [0.4, 0.5) is 0 Å². The lowest BCUT2D eigenvalue weighted by Gasteiger charge is -2.31. The predicted molar refractivity (Wildman–Crippen MR) is 73.5 cm³/mol. The van der Waals surface area contributed by atoms with E-state index in [0.29, 0.717) is 5.92 Å². The monoisotopic (exact) mass is 329 g/mol. The number of hydrogen-bond acceptors (Lipinski definition) is 1. The number of amides is 1. The topological polar surface area (TPSA) is 20.3 Å². The van der Waals surface area contributed by atoms with Gasteiger partial charge in [0.15, 0.2) is 0 Å². The van der Waals surface area contributed by atoms with Crippen molar-refractivity contribution in [3.8, 4) is 0 Å². The molecule has 1 aliphatic heterocycles. The molecule has 86 valence electrons. The largest absolute Gasteiger partial charge is 0.338 e. The standard InChI is InChI=1S/C13H16INO/c1-10-5-4-8-15(9-10)13(16)11-6-2-3-7-12(11)14/h2-3,6-7,10H,4-5,8-9H2,1H3/t10-/m0/s1. The second-order valence-corrected chi connectivity index (χ2v) is 5.64. The molecule has 1 aromatic rings. The van der Waals surface area contributed by atoms with Crippen LogP contribution in [-0.4, -0.2) is 23.9 Å². The molecule has 1 amide bonds. The fourth-order valence-corrected chi connectivity index (χ4v) is 2.80. The molecule has 0 aliphatic carbocycles. The van der Waals surface area contributed by atoms with E-state index in [0.717, 1.165) is 28.6 Å². The average Bonchev–Trinajstić information content (AvgIpc) is 2.29. The van der Waals surface area contributed by atoms with Gasteiger partial charge in [0.2, 0.25) is 0 Å². The third-order valence-electron chi connectivity index (χ3n) is 3.05. The van der Waals surface area contributed by atoms with Crippen molar-refractivity contribution in [3.05, 3.63) is 33.4 Å². The summed E-state index contributed by atoms with van der Waals surface area (Å²) in [5.41, 5.74) is 0.845. The smallest absolute Gasteiger partial charge is 0.254 e. The van der Waals surface area contributed by atoms with Crippen LogP contribution >= 0.6 is 22.6 Å². The Morgan fingerprint density at radius 3 is 2.88 bits per heavy atom. The van der Waals surface area contributed by atoms with Crippen LogP contribution in [0, 0.1) is 9.49 Å². The maximum Gasteiger partial charge on any atom is 0.254 e. The van der Waals surface area contributed by atoms with Crippen LogP contribution in [0.2, 0.25) is 0 Å². The van der Waals surface area contributed by atoms with Crippen LogP contribution in [0.1, 0.15) is 30.1 Å². The summed E-state index contributed by atoms with van der Waals surface area (Å²) in [6, 6.07) is 7.81. The van der Waals surface area contributed by atoms with Gasteiger partial charge in [-0.3, -0.25) is 4.79 Å². The van der Waals surface area contributed by atoms with Crippen molar-refractivity contribution in [3.63, 3.8) is 0 Å². The van der Waals surface area contributed by atoms with E-state index in [-0.39, 0.29) is 5.91 Å². The third-order valence-corrected chi connectivity index (χ3v) is 3.99. The number of nitrogens with zero attached hydrogens (tertiary/aromatic N) is 1. The van der Waals surface area contributed by atoms with Crippen molar-refractivity contribution >= 4 is 28.5 Å². The van der Waals surface area contributed by atoms with Crippen LogP contribution in [0.15, 0.2) is 24.3 Å². The molecule has 0 saturated carbocycles. The quantitative estimate of drug-likeness (QED) is 0.725. The van der Waals surface area contributed by atoms with Crippen LogP contribution < -0.4 is 0 Å². The molecule has 0 bridgehead atoms. The van der Waals surface area contributed by atoms with Gasteiger partial charge in [0.05, 0.1) is 5.56 Å². The SMILES string of the molecule is C[C@H]1CCCN(C(=O)c2ccccc2I)C1. The highest BCUT2D eigenvalue weighted by atomic mass is 127. The lowest BCUT2D eigenvalue weighted by molar-refractivity contribution is 0.0682. The summed E-state index contributed by atoms with van der Waals surface area (Å²) in [6.45, 7) is 4.04. The zero-order valence-corrected chi connectivity index (χ0v) is 11.6. The summed E-state index contributed by atoms with van der Waals surface area (Å²) in [4.78, 5) is 14.3. The average molecular weight is 329 g/mol. The highest BCUT2D eigenvalue weighted by molar-refractivity contribution is 14.1. The van der Waals surface area contributed by atoms with Gasteiger partial charge >= 0.3 is 0 Å². The van der Waals surface area contributed by atoms with E-state index in [2.05, 4.69) is 29.5 Å². The molecule has 0 radical (unpaired) electrons. The molecular formula is C13H16INO. The number of carbonyl (C=O) groups excluding carboxylic acids is 1. The Morgan fingerprint density at radius 1 is 1.44 bits per heavy atom. The van der Waals surface area contributed by atoms with Gasteiger partial charge in [0.1, 0.15) is 0 Å². The lowest BCUT2D eigenvalue weighted by atomic mass is 9.99. The highest BCUT2D eigenvalue weighted by Crippen LogP contribution is 2.20. The molecule has 0 spiro atoms. The summed E-state index contributed by atoms with van der Waals surface area (Å²) in [6.07, 6.45) is 2.38. The number of rotatable bonds is 1. The highest BCUT2D eigenvalue weighted by Gasteiger charge is 2.22. The Bertz CT molecular complexity index is 391. The van der Waals surface area contributed by atoms with Gasteiger partial charge in [-0.05, 0) is 53.5 Å². The first-order valence-corrected chi connectivity index (χ1v) is 6.80. The molecule has 1 heterocycles. The molecule has 1 saturated heterocycles. The molecule has 16 heavy (non-hydrogen) atoms. The van der Waals surface area contributed by atoms with Crippen molar-refractivity contribution in [2.24, 2.45) is 5.92 Å². The zero-order chi connectivity index (χ0) is 11.5. The Kier molecular flexibility index (Phi) is 3.84. The van der Waals surface area contributed by atoms with E-state index in [1.165, 1.54) is 6.42 Å². The number of hydrogen-bond donors (Lipinski definition) is 0. The van der Waals surface area contributed by atoms with Gasteiger partial charge in [-0.25, -0.2) is 0 Å². The molecule has 2 nitrogen and oxygen atoms in total.